The third-order valence-electron chi connectivity index (χ3n) is 3.23. The second kappa shape index (κ2) is 9.39. The predicted molar refractivity (Wildman–Crippen MR) is 88.9 cm³/mol. The molecule has 0 radical (unpaired) electrons. The molecule has 24 heavy (non-hydrogen) atoms. The zero-order valence-electron chi connectivity index (χ0n) is 14.1. The topological polar surface area (TPSA) is 98.8 Å². The van der Waals surface area contributed by atoms with Crippen LogP contribution in [0.5, 0.6) is 0 Å². The van der Waals surface area contributed by atoms with Gasteiger partial charge in [0.25, 0.3) is 0 Å². The number of hydrogen-bond acceptors (Lipinski definition) is 6. The predicted octanol–water partition coefficient (Wildman–Crippen LogP) is 1.62. The average molecular weight is 357 g/mol. The zero-order chi connectivity index (χ0) is 18.2. The number of hydrogen-bond donors (Lipinski definition) is 1. The largest absolute Gasteiger partial charge is 0.465 e. The van der Waals surface area contributed by atoms with E-state index in [1.54, 1.807) is 24.3 Å². The van der Waals surface area contributed by atoms with Gasteiger partial charge in [-0.1, -0.05) is 25.5 Å². The highest BCUT2D eigenvalue weighted by Crippen LogP contribution is 2.08. The highest BCUT2D eigenvalue weighted by Gasteiger charge is 2.21. The zero-order valence-corrected chi connectivity index (χ0v) is 14.9. The van der Waals surface area contributed by atoms with Gasteiger partial charge in [0.15, 0.2) is 0 Å². The number of benzene rings is 1. The van der Waals surface area contributed by atoms with Crippen molar-refractivity contribution in [3.8, 4) is 0 Å². The van der Waals surface area contributed by atoms with E-state index in [1.807, 2.05) is 6.92 Å². The van der Waals surface area contributed by atoms with Gasteiger partial charge in [0.05, 0.1) is 18.4 Å². The Morgan fingerprint density at radius 2 is 1.83 bits per heavy atom. The third kappa shape index (κ3) is 6.67. The fraction of sp³-hybridized carbons (Fsp3) is 0.500. The summed E-state index contributed by atoms with van der Waals surface area (Å²) >= 11 is 0. The van der Waals surface area contributed by atoms with E-state index in [-0.39, 0.29) is 12.4 Å². The van der Waals surface area contributed by atoms with Crippen LogP contribution in [0.4, 0.5) is 0 Å². The van der Waals surface area contributed by atoms with Crippen LogP contribution in [0.2, 0.25) is 0 Å². The Balaban J connectivity index is 2.51. The van der Waals surface area contributed by atoms with Crippen LogP contribution in [0.1, 0.15) is 42.6 Å². The van der Waals surface area contributed by atoms with E-state index in [2.05, 4.69) is 9.46 Å². The first-order valence-corrected chi connectivity index (χ1v) is 9.28. The summed E-state index contributed by atoms with van der Waals surface area (Å²) in [6, 6.07) is 5.43. The van der Waals surface area contributed by atoms with Gasteiger partial charge < -0.3 is 9.47 Å². The van der Waals surface area contributed by atoms with Crippen molar-refractivity contribution >= 4 is 22.0 Å². The number of ether oxygens (including phenoxy) is 2. The molecule has 8 heteroatoms. The summed E-state index contributed by atoms with van der Waals surface area (Å²) in [6.07, 6.45) is 1.28. The lowest BCUT2D eigenvalue weighted by Gasteiger charge is -2.13. The highest BCUT2D eigenvalue weighted by molar-refractivity contribution is 7.89. The molecule has 1 N–H and O–H groups in total. The van der Waals surface area contributed by atoms with Crippen LogP contribution in [-0.2, 0) is 30.9 Å². The van der Waals surface area contributed by atoms with Crippen molar-refractivity contribution < 1.29 is 27.5 Å². The van der Waals surface area contributed by atoms with Crippen LogP contribution < -0.4 is 4.72 Å². The second-order valence-corrected chi connectivity index (χ2v) is 7.18. The Labute approximate surface area is 142 Å². The van der Waals surface area contributed by atoms with Crippen molar-refractivity contribution in [3.05, 3.63) is 35.4 Å². The summed E-state index contributed by atoms with van der Waals surface area (Å²) in [5.74, 6) is -1.13. The molecule has 0 saturated carbocycles. The molecule has 0 aliphatic rings. The number of rotatable bonds is 9. The molecule has 7 nitrogen and oxygen atoms in total. The van der Waals surface area contributed by atoms with Gasteiger partial charge in [-0.3, -0.25) is 4.79 Å². The quantitative estimate of drug-likeness (QED) is 0.674. The molecule has 0 heterocycles. The minimum Gasteiger partial charge on any atom is -0.465 e. The fourth-order valence-corrected chi connectivity index (χ4v) is 3.27. The van der Waals surface area contributed by atoms with Crippen LogP contribution in [0.25, 0.3) is 0 Å². The molecule has 0 amide bonds. The fourth-order valence-electron chi connectivity index (χ4n) is 1.85. The summed E-state index contributed by atoms with van der Waals surface area (Å²) < 4.78 is 35.5. The van der Waals surface area contributed by atoms with E-state index in [9.17, 15) is 18.0 Å². The van der Waals surface area contributed by atoms with Gasteiger partial charge in [-0.2, -0.15) is 0 Å². The molecular formula is C16H23NO6S. The summed E-state index contributed by atoms with van der Waals surface area (Å²) in [5, 5.41) is 0. The van der Waals surface area contributed by atoms with Crippen molar-refractivity contribution in [2.24, 2.45) is 0 Å². The first kappa shape index (κ1) is 20.1. The molecule has 0 saturated heterocycles. The standard InChI is InChI=1S/C16H23NO6S/c1-4-5-10-24(20,21)17-12(2)15(18)23-11-13-6-8-14(9-7-13)16(19)22-3/h6-9,12,17H,4-5,10-11H2,1-3H3/t12-/m0/s1. The lowest BCUT2D eigenvalue weighted by Crippen LogP contribution is -2.40. The van der Waals surface area contributed by atoms with Crippen molar-refractivity contribution in [1.29, 1.82) is 0 Å². The van der Waals surface area contributed by atoms with E-state index in [0.717, 1.165) is 6.42 Å². The van der Waals surface area contributed by atoms with Crippen LogP contribution in [-0.4, -0.2) is 39.3 Å². The molecule has 1 rings (SSSR count). The van der Waals surface area contributed by atoms with Crippen LogP contribution in [0.3, 0.4) is 0 Å². The molecule has 0 fully saturated rings. The summed E-state index contributed by atoms with van der Waals surface area (Å²) in [5.41, 5.74) is 1.07. The number of unbranched alkanes of at least 4 members (excludes halogenated alkanes) is 1. The Hall–Kier alpha value is -1.93. The van der Waals surface area contributed by atoms with Gasteiger partial charge in [0.1, 0.15) is 12.6 Å². The number of sulfonamides is 1. The number of esters is 2. The van der Waals surface area contributed by atoms with Crippen molar-refractivity contribution in [3.63, 3.8) is 0 Å². The van der Waals surface area contributed by atoms with Gasteiger partial charge in [0.2, 0.25) is 10.0 Å². The lowest BCUT2D eigenvalue weighted by molar-refractivity contribution is -0.146. The lowest BCUT2D eigenvalue weighted by atomic mass is 10.1. The van der Waals surface area contributed by atoms with Gasteiger partial charge in [-0.05, 0) is 31.0 Å². The molecule has 0 aliphatic carbocycles. The smallest absolute Gasteiger partial charge is 0.337 e. The third-order valence-corrected chi connectivity index (χ3v) is 4.77. The van der Waals surface area contributed by atoms with Gasteiger partial charge in [0, 0.05) is 0 Å². The van der Waals surface area contributed by atoms with Crippen molar-refractivity contribution in [2.45, 2.75) is 39.3 Å². The van der Waals surface area contributed by atoms with Crippen LogP contribution in [0.15, 0.2) is 24.3 Å². The van der Waals surface area contributed by atoms with Gasteiger partial charge in [-0.25, -0.2) is 17.9 Å². The van der Waals surface area contributed by atoms with Crippen LogP contribution in [0, 0.1) is 0 Å². The number of carbonyl (C=O) groups excluding carboxylic acids is 2. The molecule has 0 aliphatic heterocycles. The van der Waals surface area contributed by atoms with E-state index < -0.39 is 28.0 Å². The van der Waals surface area contributed by atoms with E-state index >= 15 is 0 Å². The number of nitrogens with one attached hydrogen (secondary N) is 1. The van der Waals surface area contributed by atoms with E-state index in [4.69, 9.17) is 4.74 Å². The summed E-state index contributed by atoms with van der Waals surface area (Å²) in [7, 11) is -2.20. The van der Waals surface area contributed by atoms with Crippen molar-refractivity contribution in [2.75, 3.05) is 12.9 Å². The molecule has 0 aromatic heterocycles. The minimum absolute atomic E-state index is 0.0126. The van der Waals surface area contributed by atoms with E-state index in [1.165, 1.54) is 14.0 Å². The summed E-state index contributed by atoms with van der Waals surface area (Å²) in [4.78, 5) is 23.2. The first-order chi connectivity index (χ1) is 11.3. The summed E-state index contributed by atoms with van der Waals surface area (Å²) in [6.45, 7) is 3.31. The molecule has 0 unspecified atom stereocenters. The molecule has 1 atom stereocenters. The molecular weight excluding hydrogens is 334 g/mol. The molecule has 0 bridgehead atoms. The maximum Gasteiger partial charge on any atom is 0.337 e. The SMILES string of the molecule is CCCCS(=O)(=O)N[C@@H](C)C(=O)OCc1ccc(C(=O)OC)cc1. The normalized spacial score (nSPS) is 12.5. The average Bonchev–Trinajstić information content (AvgIpc) is 2.57. The Morgan fingerprint density at radius 1 is 1.21 bits per heavy atom. The second-order valence-electron chi connectivity index (χ2n) is 5.31. The molecule has 1 aromatic carbocycles. The Kier molecular flexibility index (Phi) is 7.87. The first-order valence-electron chi connectivity index (χ1n) is 7.63. The number of carbonyl (C=O) groups is 2. The van der Waals surface area contributed by atoms with Gasteiger partial charge in [-0.15, -0.1) is 0 Å². The highest BCUT2D eigenvalue weighted by atomic mass is 32.2. The Morgan fingerprint density at radius 3 is 2.38 bits per heavy atom. The minimum atomic E-state index is -3.49. The van der Waals surface area contributed by atoms with Crippen LogP contribution >= 0.6 is 0 Å². The number of methoxy groups -OCH3 is 1. The van der Waals surface area contributed by atoms with E-state index in [0.29, 0.717) is 17.5 Å². The monoisotopic (exact) mass is 357 g/mol. The maximum atomic E-state index is 11.9. The van der Waals surface area contributed by atoms with Crippen molar-refractivity contribution in [1.82, 2.24) is 4.72 Å². The molecule has 134 valence electrons. The van der Waals surface area contributed by atoms with Gasteiger partial charge >= 0.3 is 11.9 Å². The maximum absolute atomic E-state index is 11.9. The Bertz CT molecular complexity index is 654. The molecule has 1 aromatic rings. The molecule has 0 spiro atoms.